The van der Waals surface area contributed by atoms with E-state index < -0.39 is 21.7 Å². The van der Waals surface area contributed by atoms with Gasteiger partial charge in [-0.15, -0.1) is 0 Å². The maximum absolute atomic E-state index is 12.9. The summed E-state index contributed by atoms with van der Waals surface area (Å²) in [5, 5.41) is 2.60. The van der Waals surface area contributed by atoms with Crippen molar-refractivity contribution in [1.82, 2.24) is 0 Å². The molecule has 0 saturated carbocycles. The molecular weight excluding hydrogens is 482 g/mol. The fourth-order valence-electron chi connectivity index (χ4n) is 2.27. The Kier molecular flexibility index (Phi) is 5.76. The molecule has 0 aliphatic heterocycles. The molecule has 2 N–H and O–H groups in total. The van der Waals surface area contributed by atoms with Gasteiger partial charge in [0.1, 0.15) is 5.82 Å². The standard InChI is InChI=1S/C19H14FIN2O3S/c20-14-4-8-16(9-5-14)22-19(24)13-2-1-3-18(12-13)27(25,26)23-17-10-6-15(21)7-11-17/h1-12,23H,(H,22,24). The normalized spacial score (nSPS) is 11.0. The van der Waals surface area contributed by atoms with Crippen LogP contribution in [0.15, 0.2) is 77.7 Å². The van der Waals surface area contributed by atoms with Crippen LogP contribution in [0.25, 0.3) is 0 Å². The molecule has 0 fully saturated rings. The minimum Gasteiger partial charge on any atom is -0.322 e. The summed E-state index contributed by atoms with van der Waals surface area (Å²) in [5.74, 6) is -0.907. The molecule has 1 amide bonds. The number of hydrogen-bond donors (Lipinski definition) is 2. The highest BCUT2D eigenvalue weighted by molar-refractivity contribution is 14.1. The molecular formula is C19H14FIN2O3S. The van der Waals surface area contributed by atoms with Gasteiger partial charge in [-0.3, -0.25) is 9.52 Å². The first-order valence-corrected chi connectivity index (χ1v) is 10.3. The summed E-state index contributed by atoms with van der Waals surface area (Å²) in [6.45, 7) is 0. The Morgan fingerprint density at radius 3 is 2.19 bits per heavy atom. The van der Waals surface area contributed by atoms with Crippen LogP contribution in [0.3, 0.4) is 0 Å². The van der Waals surface area contributed by atoms with E-state index in [-0.39, 0.29) is 10.5 Å². The van der Waals surface area contributed by atoms with E-state index in [9.17, 15) is 17.6 Å². The largest absolute Gasteiger partial charge is 0.322 e. The van der Waals surface area contributed by atoms with Crippen molar-refractivity contribution in [1.29, 1.82) is 0 Å². The van der Waals surface area contributed by atoms with Gasteiger partial charge in [0.2, 0.25) is 0 Å². The van der Waals surface area contributed by atoms with Crippen LogP contribution in [-0.2, 0) is 10.0 Å². The number of rotatable bonds is 5. The Morgan fingerprint density at radius 1 is 0.889 bits per heavy atom. The van der Waals surface area contributed by atoms with Gasteiger partial charge in [-0.2, -0.15) is 0 Å². The summed E-state index contributed by atoms with van der Waals surface area (Å²) in [5.41, 5.74) is 1.01. The second-order valence-corrected chi connectivity index (χ2v) is 8.53. The molecule has 0 radical (unpaired) electrons. The number of carbonyl (C=O) groups is 1. The number of benzene rings is 3. The molecule has 138 valence electrons. The fourth-order valence-corrected chi connectivity index (χ4v) is 3.74. The Balaban J connectivity index is 1.80. The number of amides is 1. The summed E-state index contributed by atoms with van der Waals surface area (Å²) >= 11 is 2.13. The third kappa shape index (κ3) is 5.04. The van der Waals surface area contributed by atoms with Crippen LogP contribution < -0.4 is 10.0 Å². The van der Waals surface area contributed by atoms with Crippen molar-refractivity contribution >= 4 is 49.9 Å². The van der Waals surface area contributed by atoms with Crippen LogP contribution in [0.2, 0.25) is 0 Å². The van der Waals surface area contributed by atoms with Crippen molar-refractivity contribution < 1.29 is 17.6 Å². The molecule has 8 heteroatoms. The molecule has 5 nitrogen and oxygen atoms in total. The third-order valence-electron chi connectivity index (χ3n) is 3.61. The summed E-state index contributed by atoms with van der Waals surface area (Å²) in [7, 11) is -3.84. The lowest BCUT2D eigenvalue weighted by molar-refractivity contribution is 0.102. The average Bonchev–Trinajstić information content (AvgIpc) is 2.65. The molecule has 0 bridgehead atoms. The van der Waals surface area contributed by atoms with Gasteiger partial charge in [0.05, 0.1) is 4.90 Å². The molecule has 27 heavy (non-hydrogen) atoms. The molecule has 3 aromatic carbocycles. The maximum atomic E-state index is 12.9. The van der Waals surface area contributed by atoms with Crippen LogP contribution in [0.4, 0.5) is 15.8 Å². The van der Waals surface area contributed by atoms with Crippen molar-refractivity contribution in [2.24, 2.45) is 0 Å². The molecule has 0 spiro atoms. The Bertz CT molecular complexity index is 1070. The lowest BCUT2D eigenvalue weighted by Gasteiger charge is -2.10. The van der Waals surface area contributed by atoms with Gasteiger partial charge in [0.15, 0.2) is 0 Å². The molecule has 0 heterocycles. The smallest absolute Gasteiger partial charge is 0.261 e. The van der Waals surface area contributed by atoms with E-state index >= 15 is 0 Å². The second-order valence-electron chi connectivity index (χ2n) is 5.60. The summed E-state index contributed by atoms with van der Waals surface area (Å²) in [6.07, 6.45) is 0. The van der Waals surface area contributed by atoms with E-state index in [1.165, 1.54) is 48.5 Å². The van der Waals surface area contributed by atoms with Crippen molar-refractivity contribution in [2.45, 2.75) is 4.90 Å². The summed E-state index contributed by atoms with van der Waals surface area (Å²) in [6, 6.07) is 17.9. The Hall–Kier alpha value is -2.46. The molecule has 3 aromatic rings. The highest BCUT2D eigenvalue weighted by atomic mass is 127. The number of carbonyl (C=O) groups excluding carboxylic acids is 1. The minimum absolute atomic E-state index is 0.0344. The van der Waals surface area contributed by atoms with Crippen LogP contribution >= 0.6 is 22.6 Å². The predicted octanol–water partition coefficient (Wildman–Crippen LogP) is 4.48. The first kappa shape index (κ1) is 19.3. The van der Waals surface area contributed by atoms with Crippen LogP contribution in [0, 0.1) is 9.39 Å². The minimum atomic E-state index is -3.84. The van der Waals surface area contributed by atoms with Gasteiger partial charge in [-0.1, -0.05) is 6.07 Å². The Morgan fingerprint density at radius 2 is 1.52 bits per heavy atom. The SMILES string of the molecule is O=C(Nc1ccc(F)cc1)c1cccc(S(=O)(=O)Nc2ccc(I)cc2)c1. The highest BCUT2D eigenvalue weighted by Gasteiger charge is 2.16. The van der Waals surface area contributed by atoms with Crippen molar-refractivity contribution in [2.75, 3.05) is 10.0 Å². The molecule has 3 rings (SSSR count). The number of anilines is 2. The predicted molar refractivity (Wildman–Crippen MR) is 111 cm³/mol. The Labute approximate surface area is 169 Å². The van der Waals surface area contributed by atoms with E-state index in [1.54, 1.807) is 24.3 Å². The molecule has 0 aliphatic carbocycles. The van der Waals surface area contributed by atoms with E-state index in [4.69, 9.17) is 0 Å². The molecule has 0 saturated heterocycles. The lowest BCUT2D eigenvalue weighted by Crippen LogP contribution is -2.16. The molecule has 0 atom stereocenters. The van der Waals surface area contributed by atoms with Gasteiger partial charge in [-0.05, 0) is 89.3 Å². The summed E-state index contributed by atoms with van der Waals surface area (Å²) < 4.78 is 41.5. The van der Waals surface area contributed by atoms with Gasteiger partial charge in [0, 0.05) is 20.5 Å². The zero-order valence-corrected chi connectivity index (χ0v) is 16.8. The van der Waals surface area contributed by atoms with E-state index in [0.717, 1.165) is 3.57 Å². The quantitative estimate of drug-likeness (QED) is 0.512. The monoisotopic (exact) mass is 496 g/mol. The third-order valence-corrected chi connectivity index (χ3v) is 5.70. The zero-order valence-electron chi connectivity index (χ0n) is 13.8. The van der Waals surface area contributed by atoms with E-state index in [0.29, 0.717) is 11.4 Å². The maximum Gasteiger partial charge on any atom is 0.261 e. The van der Waals surface area contributed by atoms with Crippen LogP contribution in [-0.4, -0.2) is 14.3 Å². The van der Waals surface area contributed by atoms with Gasteiger partial charge in [0.25, 0.3) is 15.9 Å². The molecule has 0 aromatic heterocycles. The van der Waals surface area contributed by atoms with Crippen molar-refractivity contribution in [3.63, 3.8) is 0 Å². The zero-order chi connectivity index (χ0) is 19.4. The molecule has 0 aliphatic rings. The van der Waals surface area contributed by atoms with Crippen molar-refractivity contribution in [3.05, 3.63) is 87.7 Å². The van der Waals surface area contributed by atoms with Crippen LogP contribution in [0.1, 0.15) is 10.4 Å². The highest BCUT2D eigenvalue weighted by Crippen LogP contribution is 2.19. The average molecular weight is 496 g/mol. The first-order chi connectivity index (χ1) is 12.8. The molecule has 0 unspecified atom stereocenters. The number of hydrogen-bond acceptors (Lipinski definition) is 3. The fraction of sp³-hybridized carbons (Fsp3) is 0. The van der Waals surface area contributed by atoms with Gasteiger partial charge < -0.3 is 5.32 Å². The lowest BCUT2D eigenvalue weighted by atomic mass is 10.2. The summed E-state index contributed by atoms with van der Waals surface area (Å²) in [4.78, 5) is 12.3. The van der Waals surface area contributed by atoms with Gasteiger partial charge >= 0.3 is 0 Å². The number of sulfonamides is 1. The van der Waals surface area contributed by atoms with E-state index in [2.05, 4.69) is 32.6 Å². The number of nitrogens with one attached hydrogen (secondary N) is 2. The van der Waals surface area contributed by atoms with Crippen molar-refractivity contribution in [3.8, 4) is 0 Å². The van der Waals surface area contributed by atoms with Gasteiger partial charge in [-0.25, -0.2) is 12.8 Å². The van der Waals surface area contributed by atoms with Crippen LogP contribution in [0.5, 0.6) is 0 Å². The second kappa shape index (κ2) is 8.05. The van der Waals surface area contributed by atoms with E-state index in [1.807, 2.05) is 0 Å². The topological polar surface area (TPSA) is 75.3 Å². The first-order valence-electron chi connectivity index (χ1n) is 7.79. The number of halogens is 2.